The van der Waals surface area contributed by atoms with Gasteiger partial charge >= 0.3 is 0 Å². The molecule has 0 radical (unpaired) electrons. The molecule has 0 saturated heterocycles. The second-order valence-electron chi connectivity index (χ2n) is 3.71. The highest BCUT2D eigenvalue weighted by Gasteiger charge is 2.21. The molecular weight excluding hydrogens is 198 g/mol. The van der Waals surface area contributed by atoms with E-state index >= 15 is 0 Å². The molecule has 72 valence electrons. The van der Waals surface area contributed by atoms with Crippen molar-refractivity contribution in [3.05, 3.63) is 23.7 Å². The number of hydrogen-bond acceptors (Lipinski definition) is 2. The van der Waals surface area contributed by atoms with Gasteiger partial charge in [-0.15, -0.1) is 0 Å². The molecule has 1 saturated carbocycles. The van der Waals surface area contributed by atoms with Gasteiger partial charge in [0.1, 0.15) is 17.1 Å². The first kappa shape index (κ1) is 8.24. The van der Waals surface area contributed by atoms with Gasteiger partial charge in [-0.25, -0.2) is 9.97 Å². The second-order valence-corrected chi connectivity index (χ2v) is 4.07. The van der Waals surface area contributed by atoms with E-state index in [9.17, 15) is 0 Å². The van der Waals surface area contributed by atoms with Gasteiger partial charge in [-0.05, 0) is 25.3 Å². The number of rotatable bonds is 1. The van der Waals surface area contributed by atoms with Crippen LogP contribution in [0.3, 0.4) is 0 Å². The molecule has 0 amide bonds. The Morgan fingerprint density at radius 1 is 1.36 bits per heavy atom. The first-order valence-corrected chi connectivity index (χ1v) is 5.21. The fourth-order valence-electron chi connectivity index (χ4n) is 1.90. The zero-order valence-electron chi connectivity index (χ0n) is 7.65. The Balaban J connectivity index is 2.20. The Labute approximate surface area is 86.7 Å². The topological polar surface area (TPSA) is 30.7 Å². The van der Waals surface area contributed by atoms with Crippen LogP contribution in [-0.2, 0) is 0 Å². The van der Waals surface area contributed by atoms with Crippen LogP contribution in [0, 0.1) is 0 Å². The second kappa shape index (κ2) is 2.95. The molecule has 0 bridgehead atoms. The fraction of sp³-hybridized carbons (Fsp3) is 0.400. The van der Waals surface area contributed by atoms with Gasteiger partial charge in [0.25, 0.3) is 0 Å². The zero-order valence-corrected chi connectivity index (χ0v) is 8.41. The molecule has 1 aliphatic rings. The maximum absolute atomic E-state index is 5.97. The lowest BCUT2D eigenvalue weighted by atomic mass is 9.93. The summed E-state index contributed by atoms with van der Waals surface area (Å²) in [4.78, 5) is 8.24. The predicted octanol–water partition coefficient (Wildman–Crippen LogP) is 2.81. The van der Waals surface area contributed by atoms with Crippen molar-refractivity contribution in [1.29, 1.82) is 0 Å². The van der Waals surface area contributed by atoms with Gasteiger partial charge in [0.15, 0.2) is 0 Å². The van der Waals surface area contributed by atoms with Gasteiger partial charge < -0.3 is 4.57 Å². The van der Waals surface area contributed by atoms with Gasteiger partial charge in [0.05, 0.1) is 5.39 Å². The quantitative estimate of drug-likeness (QED) is 0.674. The van der Waals surface area contributed by atoms with E-state index in [0.29, 0.717) is 11.2 Å². The number of halogens is 1. The van der Waals surface area contributed by atoms with Crippen molar-refractivity contribution < 1.29 is 0 Å². The molecule has 0 aromatic carbocycles. The van der Waals surface area contributed by atoms with Crippen molar-refractivity contribution in [3.8, 4) is 0 Å². The zero-order chi connectivity index (χ0) is 9.54. The van der Waals surface area contributed by atoms with Crippen LogP contribution >= 0.6 is 11.6 Å². The summed E-state index contributed by atoms with van der Waals surface area (Å²) in [5.74, 6) is 0. The van der Waals surface area contributed by atoms with Crippen molar-refractivity contribution in [2.24, 2.45) is 0 Å². The number of nitrogens with zero attached hydrogens (tertiary/aromatic N) is 3. The van der Waals surface area contributed by atoms with E-state index in [-0.39, 0.29) is 0 Å². The minimum atomic E-state index is 0.549. The van der Waals surface area contributed by atoms with Crippen molar-refractivity contribution in [2.75, 3.05) is 0 Å². The molecule has 14 heavy (non-hydrogen) atoms. The number of fused-ring (bicyclic) bond motifs is 1. The van der Waals surface area contributed by atoms with E-state index in [4.69, 9.17) is 11.6 Å². The molecule has 2 aromatic rings. The average Bonchev–Trinajstić information content (AvgIpc) is 2.48. The monoisotopic (exact) mass is 207 g/mol. The van der Waals surface area contributed by atoms with Crippen molar-refractivity contribution >= 4 is 22.6 Å². The van der Waals surface area contributed by atoms with Crippen molar-refractivity contribution in [1.82, 2.24) is 14.5 Å². The summed E-state index contributed by atoms with van der Waals surface area (Å²) in [7, 11) is 0. The SMILES string of the molecule is Clc1ncnc2c1ccn2C1CCC1. The van der Waals surface area contributed by atoms with Crippen LogP contribution in [0.15, 0.2) is 18.6 Å². The molecule has 3 rings (SSSR count). The highest BCUT2D eigenvalue weighted by Crippen LogP contribution is 2.34. The highest BCUT2D eigenvalue weighted by atomic mass is 35.5. The van der Waals surface area contributed by atoms with Crippen molar-refractivity contribution in [2.45, 2.75) is 25.3 Å². The van der Waals surface area contributed by atoms with Crippen LogP contribution in [0.1, 0.15) is 25.3 Å². The third-order valence-corrected chi connectivity index (χ3v) is 3.23. The van der Waals surface area contributed by atoms with Crippen molar-refractivity contribution in [3.63, 3.8) is 0 Å². The summed E-state index contributed by atoms with van der Waals surface area (Å²) in [6, 6.07) is 2.62. The average molecular weight is 208 g/mol. The molecule has 0 spiro atoms. The minimum Gasteiger partial charge on any atom is -0.329 e. The maximum atomic E-state index is 5.97. The third kappa shape index (κ3) is 1.05. The molecule has 4 heteroatoms. The van der Waals surface area contributed by atoms with E-state index in [2.05, 4.69) is 20.7 Å². The summed E-state index contributed by atoms with van der Waals surface area (Å²) < 4.78 is 2.21. The fourth-order valence-corrected chi connectivity index (χ4v) is 2.09. The summed E-state index contributed by atoms with van der Waals surface area (Å²) >= 11 is 5.97. The Morgan fingerprint density at radius 3 is 2.93 bits per heavy atom. The van der Waals surface area contributed by atoms with Gasteiger partial charge in [-0.1, -0.05) is 11.6 Å². The van der Waals surface area contributed by atoms with Gasteiger partial charge in [-0.2, -0.15) is 0 Å². The van der Waals surface area contributed by atoms with E-state index in [1.807, 2.05) is 6.07 Å². The van der Waals surface area contributed by atoms with Crippen LogP contribution < -0.4 is 0 Å². The Bertz CT molecular complexity index is 473. The highest BCUT2D eigenvalue weighted by molar-refractivity contribution is 6.33. The standard InChI is InChI=1S/C10H10ClN3/c11-9-8-4-5-14(7-2-1-3-7)10(8)13-6-12-9/h4-7H,1-3H2. The molecule has 3 nitrogen and oxygen atoms in total. The molecule has 0 N–H and O–H groups in total. The molecule has 0 atom stereocenters. The van der Waals surface area contributed by atoms with Gasteiger partial charge in [-0.3, -0.25) is 0 Å². The first-order chi connectivity index (χ1) is 6.86. The van der Waals surface area contributed by atoms with Crippen LogP contribution in [0.2, 0.25) is 5.15 Å². The molecule has 2 aromatic heterocycles. The molecule has 1 aliphatic carbocycles. The maximum Gasteiger partial charge on any atom is 0.145 e. The van der Waals surface area contributed by atoms with Crippen LogP contribution in [0.5, 0.6) is 0 Å². The van der Waals surface area contributed by atoms with E-state index in [1.54, 1.807) is 0 Å². The van der Waals surface area contributed by atoms with Gasteiger partial charge in [0, 0.05) is 12.2 Å². The Morgan fingerprint density at radius 2 is 2.21 bits per heavy atom. The molecule has 2 heterocycles. The van der Waals surface area contributed by atoms with Crippen LogP contribution in [0.25, 0.3) is 11.0 Å². The number of hydrogen-bond donors (Lipinski definition) is 0. The summed E-state index contributed by atoms with van der Waals surface area (Å²) in [6.07, 6.45) is 7.43. The van der Waals surface area contributed by atoms with Crippen LogP contribution in [0.4, 0.5) is 0 Å². The van der Waals surface area contributed by atoms with E-state index in [0.717, 1.165) is 11.0 Å². The lowest BCUT2D eigenvalue weighted by molar-refractivity contribution is 0.320. The summed E-state index contributed by atoms with van der Waals surface area (Å²) in [6.45, 7) is 0. The number of aromatic nitrogens is 3. The van der Waals surface area contributed by atoms with E-state index < -0.39 is 0 Å². The smallest absolute Gasteiger partial charge is 0.145 e. The molecule has 0 aliphatic heterocycles. The lowest BCUT2D eigenvalue weighted by Crippen LogP contribution is -2.16. The predicted molar refractivity (Wildman–Crippen MR) is 55.4 cm³/mol. The lowest BCUT2D eigenvalue weighted by Gasteiger charge is -2.27. The molecule has 0 unspecified atom stereocenters. The Hall–Kier alpha value is -1.09. The third-order valence-electron chi connectivity index (χ3n) is 2.93. The van der Waals surface area contributed by atoms with E-state index in [1.165, 1.54) is 25.6 Å². The normalized spacial score (nSPS) is 17.2. The largest absolute Gasteiger partial charge is 0.329 e. The minimum absolute atomic E-state index is 0.549. The Kier molecular flexibility index (Phi) is 1.74. The first-order valence-electron chi connectivity index (χ1n) is 4.83. The molecule has 1 fully saturated rings. The summed E-state index contributed by atoms with van der Waals surface area (Å²) in [5, 5.41) is 1.51. The van der Waals surface area contributed by atoms with Crippen LogP contribution in [-0.4, -0.2) is 14.5 Å². The molecular formula is C10H10ClN3. The summed E-state index contributed by atoms with van der Waals surface area (Å²) in [5.41, 5.74) is 0.967. The van der Waals surface area contributed by atoms with Gasteiger partial charge in [0.2, 0.25) is 0 Å².